The van der Waals surface area contributed by atoms with E-state index in [1.54, 1.807) is 4.68 Å². The molecule has 0 spiro atoms. The standard InChI is InChI=1S/C21H30N6O2/c1-14(15-4-5-26(2)20(28)7-15)8-22-11-18-12-23-19-6-16(9-24-21(19)29-18)17-10-25-27(3)13-17/h6,9-10,13-15,18,22-23H,4-5,7-8,11-12H2,1-3H3. The molecule has 1 saturated heterocycles. The molecule has 1 amide bonds. The summed E-state index contributed by atoms with van der Waals surface area (Å²) in [5.74, 6) is 1.84. The summed E-state index contributed by atoms with van der Waals surface area (Å²) in [5, 5.41) is 11.2. The predicted molar refractivity (Wildman–Crippen MR) is 112 cm³/mol. The summed E-state index contributed by atoms with van der Waals surface area (Å²) in [6.07, 6.45) is 7.41. The first-order valence-electron chi connectivity index (χ1n) is 10.3. The zero-order valence-electron chi connectivity index (χ0n) is 17.4. The summed E-state index contributed by atoms with van der Waals surface area (Å²) in [6, 6.07) is 2.06. The van der Waals surface area contributed by atoms with Crippen molar-refractivity contribution in [3.05, 3.63) is 24.7 Å². The number of anilines is 1. The van der Waals surface area contributed by atoms with Gasteiger partial charge in [-0.2, -0.15) is 5.10 Å². The molecule has 8 nitrogen and oxygen atoms in total. The Kier molecular flexibility index (Phi) is 5.71. The van der Waals surface area contributed by atoms with Gasteiger partial charge < -0.3 is 20.3 Å². The Morgan fingerprint density at radius 2 is 2.21 bits per heavy atom. The van der Waals surface area contributed by atoms with Gasteiger partial charge in [0.2, 0.25) is 11.8 Å². The highest BCUT2D eigenvalue weighted by molar-refractivity contribution is 5.76. The van der Waals surface area contributed by atoms with E-state index in [9.17, 15) is 4.79 Å². The molecule has 4 heterocycles. The van der Waals surface area contributed by atoms with Crippen LogP contribution in [0.15, 0.2) is 24.7 Å². The molecule has 2 aromatic heterocycles. The normalized spacial score (nSPS) is 22.6. The van der Waals surface area contributed by atoms with Crippen LogP contribution in [0.5, 0.6) is 5.88 Å². The first-order valence-corrected chi connectivity index (χ1v) is 10.3. The van der Waals surface area contributed by atoms with Crippen LogP contribution in [0.2, 0.25) is 0 Å². The molecule has 2 aromatic rings. The van der Waals surface area contributed by atoms with Crippen molar-refractivity contribution in [2.24, 2.45) is 18.9 Å². The summed E-state index contributed by atoms with van der Waals surface area (Å²) in [5.41, 5.74) is 2.97. The second-order valence-electron chi connectivity index (χ2n) is 8.30. The molecular formula is C21H30N6O2. The van der Waals surface area contributed by atoms with Crippen LogP contribution in [0.25, 0.3) is 11.1 Å². The zero-order valence-corrected chi connectivity index (χ0v) is 17.4. The topological polar surface area (TPSA) is 84.3 Å². The molecule has 2 N–H and O–H groups in total. The van der Waals surface area contributed by atoms with Crippen LogP contribution in [-0.4, -0.2) is 64.9 Å². The van der Waals surface area contributed by atoms with Gasteiger partial charge in [0.25, 0.3) is 0 Å². The molecule has 0 aliphatic carbocycles. The minimum absolute atomic E-state index is 0.0329. The molecule has 0 bridgehead atoms. The van der Waals surface area contributed by atoms with Gasteiger partial charge in [0.05, 0.1) is 18.4 Å². The number of aromatic nitrogens is 3. The summed E-state index contributed by atoms with van der Waals surface area (Å²) >= 11 is 0. The first kappa shape index (κ1) is 19.7. The van der Waals surface area contributed by atoms with E-state index in [1.807, 2.05) is 37.6 Å². The highest BCUT2D eigenvalue weighted by atomic mass is 16.5. The third-order valence-electron chi connectivity index (χ3n) is 6.03. The van der Waals surface area contributed by atoms with Crippen molar-refractivity contribution in [1.29, 1.82) is 0 Å². The number of piperidine rings is 1. The second kappa shape index (κ2) is 8.41. The van der Waals surface area contributed by atoms with E-state index in [1.165, 1.54) is 0 Å². The number of hydrogen-bond acceptors (Lipinski definition) is 6. The number of fused-ring (bicyclic) bond motifs is 1. The van der Waals surface area contributed by atoms with Gasteiger partial charge in [0.15, 0.2) is 0 Å². The third kappa shape index (κ3) is 4.53. The van der Waals surface area contributed by atoms with E-state index < -0.39 is 0 Å². The molecule has 156 valence electrons. The van der Waals surface area contributed by atoms with Crippen LogP contribution < -0.4 is 15.4 Å². The number of carbonyl (C=O) groups is 1. The molecule has 2 aliphatic heterocycles. The van der Waals surface area contributed by atoms with Crippen molar-refractivity contribution in [3.8, 4) is 17.0 Å². The molecule has 4 rings (SSSR count). The average Bonchev–Trinajstić information content (AvgIpc) is 3.16. The smallest absolute Gasteiger partial charge is 0.237 e. The Bertz CT molecular complexity index is 867. The average molecular weight is 399 g/mol. The van der Waals surface area contributed by atoms with Crippen LogP contribution >= 0.6 is 0 Å². The summed E-state index contributed by atoms with van der Waals surface area (Å²) in [6.45, 7) is 5.48. The SMILES string of the molecule is CC(CNCC1CNc2cc(-c3cnn(C)c3)cnc2O1)C1CCN(C)C(=O)C1. The Morgan fingerprint density at radius 3 is 2.97 bits per heavy atom. The van der Waals surface area contributed by atoms with Crippen molar-refractivity contribution < 1.29 is 9.53 Å². The van der Waals surface area contributed by atoms with Gasteiger partial charge in [-0.25, -0.2) is 4.98 Å². The van der Waals surface area contributed by atoms with Crippen LogP contribution in [0.4, 0.5) is 5.69 Å². The monoisotopic (exact) mass is 398 g/mol. The van der Waals surface area contributed by atoms with Crippen LogP contribution in [-0.2, 0) is 11.8 Å². The Balaban J connectivity index is 1.26. The predicted octanol–water partition coefficient (Wildman–Crippen LogP) is 1.75. The maximum Gasteiger partial charge on any atom is 0.237 e. The molecule has 0 aromatic carbocycles. The summed E-state index contributed by atoms with van der Waals surface area (Å²) < 4.78 is 7.85. The number of carbonyl (C=O) groups excluding carboxylic acids is 1. The minimum Gasteiger partial charge on any atom is -0.470 e. The largest absolute Gasteiger partial charge is 0.470 e. The van der Waals surface area contributed by atoms with Crippen molar-refractivity contribution in [2.75, 3.05) is 38.5 Å². The number of rotatable bonds is 6. The fourth-order valence-electron chi connectivity index (χ4n) is 4.03. The van der Waals surface area contributed by atoms with Crippen molar-refractivity contribution >= 4 is 11.6 Å². The van der Waals surface area contributed by atoms with Gasteiger partial charge in [-0.1, -0.05) is 6.92 Å². The Morgan fingerprint density at radius 1 is 1.34 bits per heavy atom. The molecule has 8 heteroatoms. The lowest BCUT2D eigenvalue weighted by Gasteiger charge is -2.33. The maximum absolute atomic E-state index is 11.9. The lowest BCUT2D eigenvalue weighted by Crippen LogP contribution is -2.43. The lowest BCUT2D eigenvalue weighted by atomic mass is 9.85. The number of likely N-dealkylation sites (tertiary alicyclic amines) is 1. The maximum atomic E-state index is 11.9. The van der Waals surface area contributed by atoms with E-state index in [0.717, 1.165) is 49.4 Å². The second-order valence-corrected chi connectivity index (χ2v) is 8.30. The highest BCUT2D eigenvalue weighted by Gasteiger charge is 2.27. The number of nitrogens with zero attached hydrogens (tertiary/aromatic N) is 4. The van der Waals surface area contributed by atoms with Crippen LogP contribution in [0, 0.1) is 11.8 Å². The van der Waals surface area contributed by atoms with Gasteiger partial charge in [0, 0.05) is 57.1 Å². The zero-order chi connectivity index (χ0) is 20.4. The number of ether oxygens (including phenoxy) is 1. The van der Waals surface area contributed by atoms with Crippen LogP contribution in [0.1, 0.15) is 19.8 Å². The Labute approximate surface area is 171 Å². The number of amides is 1. The van der Waals surface area contributed by atoms with E-state index in [4.69, 9.17) is 4.74 Å². The molecule has 1 fully saturated rings. The van der Waals surface area contributed by atoms with E-state index in [0.29, 0.717) is 24.1 Å². The number of hydrogen-bond donors (Lipinski definition) is 2. The first-order chi connectivity index (χ1) is 14.0. The molecule has 3 atom stereocenters. The molecule has 0 radical (unpaired) electrons. The van der Waals surface area contributed by atoms with Gasteiger partial charge in [-0.15, -0.1) is 0 Å². The number of pyridine rings is 1. The quantitative estimate of drug-likeness (QED) is 0.771. The van der Waals surface area contributed by atoms with E-state index in [-0.39, 0.29) is 12.0 Å². The molecule has 2 aliphatic rings. The molecule has 3 unspecified atom stereocenters. The number of nitrogens with one attached hydrogen (secondary N) is 2. The molecule has 0 saturated carbocycles. The van der Waals surface area contributed by atoms with E-state index >= 15 is 0 Å². The van der Waals surface area contributed by atoms with Crippen molar-refractivity contribution in [2.45, 2.75) is 25.9 Å². The summed E-state index contributed by atoms with van der Waals surface area (Å²) in [7, 11) is 3.79. The van der Waals surface area contributed by atoms with Crippen molar-refractivity contribution in [1.82, 2.24) is 25.0 Å². The van der Waals surface area contributed by atoms with Gasteiger partial charge in [0.1, 0.15) is 6.10 Å². The highest BCUT2D eigenvalue weighted by Crippen LogP contribution is 2.31. The fourth-order valence-corrected chi connectivity index (χ4v) is 4.03. The minimum atomic E-state index is 0.0329. The lowest BCUT2D eigenvalue weighted by molar-refractivity contribution is -0.134. The summed E-state index contributed by atoms with van der Waals surface area (Å²) in [4.78, 5) is 18.3. The Hall–Kier alpha value is -2.61. The molecule has 29 heavy (non-hydrogen) atoms. The molecular weight excluding hydrogens is 368 g/mol. The van der Waals surface area contributed by atoms with E-state index in [2.05, 4.69) is 33.7 Å². The third-order valence-corrected chi connectivity index (χ3v) is 6.03. The van der Waals surface area contributed by atoms with Crippen LogP contribution in [0.3, 0.4) is 0 Å². The number of aryl methyl sites for hydroxylation is 1. The van der Waals surface area contributed by atoms with Crippen molar-refractivity contribution in [3.63, 3.8) is 0 Å². The fraction of sp³-hybridized carbons (Fsp3) is 0.571. The van der Waals surface area contributed by atoms with Gasteiger partial charge >= 0.3 is 0 Å². The van der Waals surface area contributed by atoms with Gasteiger partial charge in [-0.3, -0.25) is 9.48 Å². The van der Waals surface area contributed by atoms with Gasteiger partial charge in [-0.05, 0) is 30.9 Å².